The van der Waals surface area contributed by atoms with Crippen molar-refractivity contribution in [2.45, 2.75) is 63.6 Å². The summed E-state index contributed by atoms with van der Waals surface area (Å²) in [6.45, 7) is 2.15. The second-order valence-electron chi connectivity index (χ2n) is 9.86. The minimum Gasteiger partial charge on any atom is -0.378 e. The van der Waals surface area contributed by atoms with Crippen molar-refractivity contribution in [1.29, 1.82) is 0 Å². The van der Waals surface area contributed by atoms with Crippen molar-refractivity contribution in [2.24, 2.45) is 0 Å². The van der Waals surface area contributed by atoms with Gasteiger partial charge >= 0.3 is 11.8 Å². The van der Waals surface area contributed by atoms with Crippen molar-refractivity contribution in [3.05, 3.63) is 65.2 Å². The van der Waals surface area contributed by atoms with Crippen molar-refractivity contribution in [2.75, 3.05) is 32.1 Å². The molecule has 1 heterocycles. The van der Waals surface area contributed by atoms with Gasteiger partial charge in [-0.3, -0.25) is 14.5 Å². The highest BCUT2D eigenvalue weighted by Crippen LogP contribution is 2.28. The number of rotatable bonds is 6. The molecule has 1 atom stereocenters. The van der Waals surface area contributed by atoms with E-state index in [4.69, 9.17) is 0 Å². The first-order valence-corrected chi connectivity index (χ1v) is 12.7. The van der Waals surface area contributed by atoms with Gasteiger partial charge in [0, 0.05) is 45.5 Å². The minimum absolute atomic E-state index is 0.000742. The monoisotopic (exact) mass is 462 g/mol. The molecule has 2 N–H and O–H groups in total. The molecule has 2 amide bonds. The van der Waals surface area contributed by atoms with Gasteiger partial charge in [0.2, 0.25) is 0 Å². The largest absolute Gasteiger partial charge is 0.378 e. The normalized spacial score (nSPS) is 17.8. The van der Waals surface area contributed by atoms with Gasteiger partial charge in [0.05, 0.1) is 6.04 Å². The van der Waals surface area contributed by atoms with Crippen LogP contribution in [-0.2, 0) is 22.6 Å². The van der Waals surface area contributed by atoms with E-state index in [-0.39, 0.29) is 12.1 Å². The topological polar surface area (TPSA) is 64.7 Å². The smallest absolute Gasteiger partial charge is 0.309 e. The number of hydrogen-bond acceptors (Lipinski definition) is 4. The lowest BCUT2D eigenvalue weighted by Gasteiger charge is -2.36. The summed E-state index contributed by atoms with van der Waals surface area (Å²) < 4.78 is 0. The summed E-state index contributed by atoms with van der Waals surface area (Å²) in [5.41, 5.74) is 5.01. The van der Waals surface area contributed by atoms with Crippen LogP contribution in [0.4, 0.5) is 5.69 Å². The summed E-state index contributed by atoms with van der Waals surface area (Å²) in [6.07, 6.45) is 7.58. The van der Waals surface area contributed by atoms with Crippen molar-refractivity contribution in [3.8, 4) is 0 Å². The highest BCUT2D eigenvalue weighted by molar-refractivity contribution is 6.35. The third-order valence-electron chi connectivity index (χ3n) is 7.25. The Morgan fingerprint density at radius 2 is 1.62 bits per heavy atom. The molecule has 1 aliphatic heterocycles. The summed E-state index contributed by atoms with van der Waals surface area (Å²) in [4.78, 5) is 29.8. The maximum atomic E-state index is 12.7. The van der Waals surface area contributed by atoms with Crippen molar-refractivity contribution >= 4 is 17.5 Å². The zero-order chi connectivity index (χ0) is 23.9. The van der Waals surface area contributed by atoms with Crippen LogP contribution in [0.2, 0.25) is 0 Å². The lowest BCUT2D eigenvalue weighted by molar-refractivity contribution is -0.139. The zero-order valence-electron chi connectivity index (χ0n) is 20.6. The van der Waals surface area contributed by atoms with Crippen molar-refractivity contribution in [3.63, 3.8) is 0 Å². The van der Waals surface area contributed by atoms with E-state index in [1.807, 2.05) is 14.1 Å². The second kappa shape index (κ2) is 11.5. The number of nitrogens with one attached hydrogen (secondary N) is 2. The fourth-order valence-corrected chi connectivity index (χ4v) is 5.18. The molecule has 1 fully saturated rings. The molecule has 2 aromatic rings. The van der Waals surface area contributed by atoms with E-state index in [2.05, 4.69) is 69.0 Å². The molecule has 6 nitrogen and oxygen atoms in total. The number of amides is 2. The molecular weight excluding hydrogens is 424 g/mol. The van der Waals surface area contributed by atoms with Gasteiger partial charge in [-0.25, -0.2) is 0 Å². The average Bonchev–Trinajstić information content (AvgIpc) is 3.13. The van der Waals surface area contributed by atoms with Gasteiger partial charge in [0.25, 0.3) is 0 Å². The van der Waals surface area contributed by atoms with Crippen LogP contribution in [0.3, 0.4) is 0 Å². The van der Waals surface area contributed by atoms with Crippen LogP contribution in [0.1, 0.15) is 61.3 Å². The fourth-order valence-electron chi connectivity index (χ4n) is 5.18. The molecule has 0 saturated heterocycles. The van der Waals surface area contributed by atoms with Crippen molar-refractivity contribution < 1.29 is 9.59 Å². The van der Waals surface area contributed by atoms with Gasteiger partial charge in [-0.1, -0.05) is 62.1 Å². The van der Waals surface area contributed by atoms with E-state index in [0.29, 0.717) is 6.54 Å². The fraction of sp³-hybridized carbons (Fsp3) is 0.500. The van der Waals surface area contributed by atoms with Gasteiger partial charge < -0.3 is 15.5 Å². The highest BCUT2D eigenvalue weighted by atomic mass is 16.2. The lowest BCUT2D eigenvalue weighted by atomic mass is 9.96. The van der Waals surface area contributed by atoms with Gasteiger partial charge in [0.15, 0.2) is 0 Å². The standard InChI is InChI=1S/C28H38N4O2/c1-31(2)25-15-13-22(14-16-25)26(32-18-17-21-9-7-8-10-23(21)20-32)19-29-27(33)28(34)30-24-11-5-3-4-6-12-24/h7-10,13-16,24,26H,3-6,11-12,17-20H2,1-2H3,(H,29,33)(H,30,34). The Morgan fingerprint density at radius 1 is 0.941 bits per heavy atom. The maximum absolute atomic E-state index is 12.7. The third-order valence-corrected chi connectivity index (χ3v) is 7.25. The van der Waals surface area contributed by atoms with E-state index in [1.54, 1.807) is 0 Å². The molecule has 1 unspecified atom stereocenters. The summed E-state index contributed by atoms with van der Waals surface area (Å²) in [5.74, 6) is -1.03. The average molecular weight is 463 g/mol. The van der Waals surface area contributed by atoms with Crippen molar-refractivity contribution in [1.82, 2.24) is 15.5 Å². The Labute approximate surface area is 203 Å². The molecule has 34 heavy (non-hydrogen) atoms. The van der Waals surface area contributed by atoms with Crippen LogP contribution < -0.4 is 15.5 Å². The van der Waals surface area contributed by atoms with E-state index in [0.717, 1.165) is 56.4 Å². The SMILES string of the molecule is CN(C)c1ccc(C(CNC(=O)C(=O)NC2CCCCCC2)N2CCc3ccccc3C2)cc1. The Kier molecular flexibility index (Phi) is 8.22. The van der Waals surface area contributed by atoms with Crippen LogP contribution in [-0.4, -0.2) is 49.9 Å². The van der Waals surface area contributed by atoms with E-state index < -0.39 is 11.8 Å². The molecule has 0 radical (unpaired) electrons. The van der Waals surface area contributed by atoms with E-state index in [9.17, 15) is 9.59 Å². The van der Waals surface area contributed by atoms with Crippen LogP contribution in [0, 0.1) is 0 Å². The van der Waals surface area contributed by atoms with Gasteiger partial charge in [-0.2, -0.15) is 0 Å². The number of hydrogen-bond donors (Lipinski definition) is 2. The summed E-state index contributed by atoms with van der Waals surface area (Å²) in [5, 5.41) is 5.91. The van der Waals surface area contributed by atoms with E-state index >= 15 is 0 Å². The first kappa shape index (κ1) is 24.3. The third kappa shape index (κ3) is 6.17. The molecule has 4 rings (SSSR count). The minimum atomic E-state index is -0.531. The lowest BCUT2D eigenvalue weighted by Crippen LogP contribution is -2.47. The highest BCUT2D eigenvalue weighted by Gasteiger charge is 2.27. The predicted molar refractivity (Wildman–Crippen MR) is 137 cm³/mol. The first-order chi connectivity index (χ1) is 16.5. The number of benzene rings is 2. The zero-order valence-corrected chi connectivity index (χ0v) is 20.6. The molecule has 0 bridgehead atoms. The summed E-state index contributed by atoms with van der Waals surface area (Å²) in [7, 11) is 4.06. The molecule has 0 spiro atoms. The molecule has 2 aliphatic rings. The van der Waals surface area contributed by atoms with Crippen LogP contribution in [0.15, 0.2) is 48.5 Å². The van der Waals surface area contributed by atoms with Gasteiger partial charge in [0.1, 0.15) is 0 Å². The number of nitrogens with zero attached hydrogens (tertiary/aromatic N) is 2. The molecule has 6 heteroatoms. The number of fused-ring (bicyclic) bond motifs is 1. The molecule has 182 valence electrons. The second-order valence-corrected chi connectivity index (χ2v) is 9.86. The summed E-state index contributed by atoms with van der Waals surface area (Å²) in [6, 6.07) is 17.2. The summed E-state index contributed by atoms with van der Waals surface area (Å²) >= 11 is 0. The maximum Gasteiger partial charge on any atom is 0.309 e. The Morgan fingerprint density at radius 3 is 2.29 bits per heavy atom. The number of carbonyl (C=O) groups is 2. The van der Waals surface area contributed by atoms with Crippen LogP contribution >= 0.6 is 0 Å². The van der Waals surface area contributed by atoms with Gasteiger partial charge in [-0.05, 0) is 48.1 Å². The molecule has 1 saturated carbocycles. The molecule has 1 aliphatic carbocycles. The molecule has 0 aromatic heterocycles. The van der Waals surface area contributed by atoms with Crippen LogP contribution in [0.5, 0.6) is 0 Å². The molecule has 2 aromatic carbocycles. The van der Waals surface area contributed by atoms with Crippen LogP contribution in [0.25, 0.3) is 0 Å². The predicted octanol–water partition coefficient (Wildman–Crippen LogP) is 3.81. The molecular formula is C28H38N4O2. The number of carbonyl (C=O) groups excluding carboxylic acids is 2. The van der Waals surface area contributed by atoms with Gasteiger partial charge in [-0.15, -0.1) is 0 Å². The quantitative estimate of drug-likeness (QED) is 0.506. The first-order valence-electron chi connectivity index (χ1n) is 12.7. The Hall–Kier alpha value is -2.86. The Balaban J connectivity index is 1.44. The number of anilines is 1. The Bertz CT molecular complexity index is 965. The van der Waals surface area contributed by atoms with E-state index in [1.165, 1.54) is 24.0 Å².